The molecule has 0 aliphatic heterocycles. The van der Waals surface area contributed by atoms with E-state index in [1.807, 2.05) is 18.7 Å². The predicted octanol–water partition coefficient (Wildman–Crippen LogP) is 3.78. The number of amides is 1. The zero-order chi connectivity index (χ0) is 15.1. The van der Waals surface area contributed by atoms with Crippen molar-refractivity contribution in [1.82, 2.24) is 4.90 Å². The second kappa shape index (κ2) is 8.44. The van der Waals surface area contributed by atoms with Crippen molar-refractivity contribution in [2.45, 2.75) is 13.8 Å². The summed E-state index contributed by atoms with van der Waals surface area (Å²) < 4.78 is 13.6. The van der Waals surface area contributed by atoms with Crippen molar-refractivity contribution in [3.05, 3.63) is 29.0 Å². The molecule has 1 N–H and O–H groups in total. The topological polar surface area (TPSA) is 32.3 Å². The number of hydrogen-bond donors (Lipinski definition) is 1. The molecule has 0 aliphatic rings. The van der Waals surface area contributed by atoms with Gasteiger partial charge in [-0.25, -0.2) is 4.39 Å². The van der Waals surface area contributed by atoms with Gasteiger partial charge in [-0.05, 0) is 32.0 Å². The van der Waals surface area contributed by atoms with Gasteiger partial charge < -0.3 is 10.2 Å². The number of benzene rings is 1. The van der Waals surface area contributed by atoms with Crippen molar-refractivity contribution >= 4 is 51.5 Å². The zero-order valence-electron chi connectivity index (χ0n) is 11.3. The smallest absolute Gasteiger partial charge is 0.234 e. The Morgan fingerprint density at radius 2 is 2.10 bits per heavy atom. The number of carbonyl (C=O) groups is 1. The Hall–Kier alpha value is -0.850. The summed E-state index contributed by atoms with van der Waals surface area (Å²) in [5.41, 5.74) is 0.396. The van der Waals surface area contributed by atoms with E-state index in [2.05, 4.69) is 5.32 Å². The number of thiocarbonyl (C=S) groups is 1. The van der Waals surface area contributed by atoms with Crippen LogP contribution in [0.3, 0.4) is 0 Å². The summed E-state index contributed by atoms with van der Waals surface area (Å²) >= 11 is 12.4. The summed E-state index contributed by atoms with van der Waals surface area (Å²) in [4.78, 5) is 13.8. The van der Waals surface area contributed by atoms with Gasteiger partial charge in [-0.3, -0.25) is 4.79 Å². The highest BCUT2D eigenvalue weighted by atomic mass is 35.5. The van der Waals surface area contributed by atoms with E-state index in [0.717, 1.165) is 19.2 Å². The highest BCUT2D eigenvalue weighted by Gasteiger charge is 2.11. The van der Waals surface area contributed by atoms with Crippen molar-refractivity contribution in [3.63, 3.8) is 0 Å². The number of carbonyl (C=O) groups excluding carboxylic acids is 1. The Morgan fingerprint density at radius 1 is 1.45 bits per heavy atom. The lowest BCUT2D eigenvalue weighted by atomic mass is 10.3. The normalized spacial score (nSPS) is 10.2. The van der Waals surface area contributed by atoms with Crippen LogP contribution in [-0.4, -0.2) is 34.0 Å². The van der Waals surface area contributed by atoms with Crippen molar-refractivity contribution in [2.24, 2.45) is 0 Å². The van der Waals surface area contributed by atoms with E-state index in [0.29, 0.717) is 10.0 Å². The van der Waals surface area contributed by atoms with Crippen LogP contribution in [0.25, 0.3) is 0 Å². The van der Waals surface area contributed by atoms with Gasteiger partial charge in [0.2, 0.25) is 5.91 Å². The predicted molar refractivity (Wildman–Crippen MR) is 88.0 cm³/mol. The Morgan fingerprint density at radius 3 is 2.65 bits per heavy atom. The molecule has 0 aliphatic carbocycles. The molecule has 0 unspecified atom stereocenters. The minimum atomic E-state index is -0.440. The summed E-state index contributed by atoms with van der Waals surface area (Å²) in [6.07, 6.45) is 0. The number of nitrogens with zero attached hydrogens (tertiary/aromatic N) is 1. The van der Waals surface area contributed by atoms with Gasteiger partial charge >= 0.3 is 0 Å². The molecule has 0 atom stereocenters. The molecule has 1 aromatic carbocycles. The summed E-state index contributed by atoms with van der Waals surface area (Å²) in [7, 11) is 0. The fourth-order valence-corrected chi connectivity index (χ4v) is 2.89. The standard InChI is InChI=1S/C13H16ClFN2OS2/c1-3-17(4-2)13(19)20-8-12(18)16-11-6-5-9(15)7-10(11)14/h5-7H,3-4,8H2,1-2H3,(H,16,18). The largest absolute Gasteiger partial charge is 0.358 e. The molecule has 1 rings (SSSR count). The van der Waals surface area contributed by atoms with Crippen molar-refractivity contribution in [3.8, 4) is 0 Å². The van der Waals surface area contributed by atoms with Gasteiger partial charge in [-0.15, -0.1) is 0 Å². The molecule has 0 aromatic heterocycles. The van der Waals surface area contributed by atoms with Crippen LogP contribution in [0.4, 0.5) is 10.1 Å². The van der Waals surface area contributed by atoms with Crippen molar-refractivity contribution in [2.75, 3.05) is 24.2 Å². The zero-order valence-corrected chi connectivity index (χ0v) is 13.7. The summed E-state index contributed by atoms with van der Waals surface area (Å²) in [5, 5.41) is 2.81. The number of nitrogens with one attached hydrogen (secondary N) is 1. The van der Waals surface area contributed by atoms with Gasteiger partial charge in [0.15, 0.2) is 0 Å². The highest BCUT2D eigenvalue weighted by molar-refractivity contribution is 8.23. The molecule has 7 heteroatoms. The minimum absolute atomic E-state index is 0.176. The maximum absolute atomic E-state index is 12.9. The molecule has 1 aromatic rings. The first-order chi connectivity index (χ1) is 9.47. The SMILES string of the molecule is CCN(CC)C(=S)SCC(=O)Nc1ccc(F)cc1Cl. The molecule has 0 saturated carbocycles. The number of halogens is 2. The molecule has 0 bridgehead atoms. The van der Waals surface area contributed by atoms with Crippen LogP contribution in [0, 0.1) is 5.82 Å². The third kappa shape index (κ3) is 5.26. The quantitative estimate of drug-likeness (QED) is 0.831. The first-order valence-electron chi connectivity index (χ1n) is 6.14. The summed E-state index contributed by atoms with van der Waals surface area (Å²) in [6, 6.07) is 3.84. The molecule has 0 fully saturated rings. The average Bonchev–Trinajstić information content (AvgIpc) is 2.41. The van der Waals surface area contributed by atoms with E-state index in [1.165, 1.54) is 23.9 Å². The Labute approximate surface area is 132 Å². The van der Waals surface area contributed by atoms with E-state index in [-0.39, 0.29) is 16.7 Å². The van der Waals surface area contributed by atoms with Crippen LogP contribution in [0.5, 0.6) is 0 Å². The van der Waals surface area contributed by atoms with Gasteiger partial charge in [0.1, 0.15) is 10.1 Å². The Kier molecular flexibility index (Phi) is 7.26. The minimum Gasteiger partial charge on any atom is -0.358 e. The van der Waals surface area contributed by atoms with E-state index < -0.39 is 5.82 Å². The fourth-order valence-electron chi connectivity index (χ4n) is 1.48. The summed E-state index contributed by atoms with van der Waals surface area (Å²) in [6.45, 7) is 5.64. The molecule has 20 heavy (non-hydrogen) atoms. The molecule has 3 nitrogen and oxygen atoms in total. The first-order valence-corrected chi connectivity index (χ1v) is 7.91. The highest BCUT2D eigenvalue weighted by Crippen LogP contribution is 2.22. The van der Waals surface area contributed by atoms with Gasteiger partial charge in [-0.2, -0.15) is 0 Å². The molecule has 0 heterocycles. The maximum Gasteiger partial charge on any atom is 0.234 e. The maximum atomic E-state index is 12.9. The van der Waals surface area contributed by atoms with Crippen LogP contribution in [-0.2, 0) is 4.79 Å². The molecule has 0 radical (unpaired) electrons. The van der Waals surface area contributed by atoms with Gasteiger partial charge in [0.25, 0.3) is 0 Å². The van der Waals surface area contributed by atoms with E-state index in [4.69, 9.17) is 23.8 Å². The molecule has 0 spiro atoms. The molecule has 0 saturated heterocycles. The van der Waals surface area contributed by atoms with E-state index in [1.54, 1.807) is 0 Å². The fraction of sp³-hybridized carbons (Fsp3) is 0.385. The Bertz CT molecular complexity index is 495. The lowest BCUT2D eigenvalue weighted by Crippen LogP contribution is -2.28. The average molecular weight is 335 g/mol. The number of rotatable bonds is 5. The van der Waals surface area contributed by atoms with Crippen LogP contribution in [0.2, 0.25) is 5.02 Å². The van der Waals surface area contributed by atoms with Crippen LogP contribution < -0.4 is 5.32 Å². The van der Waals surface area contributed by atoms with Gasteiger partial charge in [0.05, 0.1) is 16.5 Å². The number of thioether (sulfide) groups is 1. The van der Waals surface area contributed by atoms with Crippen LogP contribution in [0.1, 0.15) is 13.8 Å². The van der Waals surface area contributed by atoms with Crippen LogP contribution in [0.15, 0.2) is 18.2 Å². The van der Waals surface area contributed by atoms with Crippen molar-refractivity contribution < 1.29 is 9.18 Å². The Balaban J connectivity index is 2.50. The molecular weight excluding hydrogens is 319 g/mol. The van der Waals surface area contributed by atoms with Gasteiger partial charge in [0, 0.05) is 13.1 Å². The van der Waals surface area contributed by atoms with E-state index in [9.17, 15) is 9.18 Å². The lowest BCUT2D eigenvalue weighted by Gasteiger charge is -2.20. The number of hydrogen-bond acceptors (Lipinski definition) is 3. The van der Waals surface area contributed by atoms with E-state index >= 15 is 0 Å². The molecule has 110 valence electrons. The molecule has 1 amide bonds. The first kappa shape index (κ1) is 17.2. The third-order valence-corrected chi connectivity index (χ3v) is 4.39. The third-order valence-electron chi connectivity index (χ3n) is 2.55. The van der Waals surface area contributed by atoms with Gasteiger partial charge in [-0.1, -0.05) is 35.6 Å². The monoisotopic (exact) mass is 334 g/mol. The van der Waals surface area contributed by atoms with Crippen molar-refractivity contribution in [1.29, 1.82) is 0 Å². The molecular formula is C13H16ClFN2OS2. The van der Waals surface area contributed by atoms with Crippen LogP contribution >= 0.6 is 35.6 Å². The lowest BCUT2D eigenvalue weighted by molar-refractivity contribution is -0.113. The summed E-state index contributed by atoms with van der Waals surface area (Å²) in [5.74, 6) is -0.466. The second-order valence-electron chi connectivity index (χ2n) is 3.90. The number of anilines is 1. The second-order valence-corrected chi connectivity index (χ2v) is 5.92.